The number of ether oxygens (including phenoxy) is 1. The fraction of sp³-hybridized carbons (Fsp3) is 0.333. The molecule has 40 heavy (non-hydrogen) atoms. The second-order valence-corrected chi connectivity index (χ2v) is 11.8. The third kappa shape index (κ3) is 7.81. The average Bonchev–Trinajstić information content (AvgIpc) is 2.93. The minimum atomic E-state index is -4.22. The number of methoxy groups -OCH3 is 1. The number of hydrogen-bond acceptors (Lipinski definition) is 5. The SMILES string of the molecule is COc1ccc(CN(C(=O)CN(c2ccc(F)cc2)S(=O)(=O)c2ccc(C)cc2)[C@H](C)C(=O)NCC(C)C)cc1. The van der Waals surface area contributed by atoms with Gasteiger partial charge in [-0.2, -0.15) is 0 Å². The Labute approximate surface area is 235 Å². The second kappa shape index (κ2) is 13.4. The van der Waals surface area contributed by atoms with Crippen molar-refractivity contribution in [2.24, 2.45) is 5.92 Å². The molecule has 0 saturated heterocycles. The van der Waals surface area contributed by atoms with Crippen molar-refractivity contribution in [1.82, 2.24) is 10.2 Å². The Balaban J connectivity index is 2.00. The Morgan fingerprint density at radius 3 is 2.08 bits per heavy atom. The number of rotatable bonds is 12. The number of sulfonamides is 1. The van der Waals surface area contributed by atoms with Crippen LogP contribution < -0.4 is 14.4 Å². The first-order valence-corrected chi connectivity index (χ1v) is 14.4. The van der Waals surface area contributed by atoms with E-state index in [-0.39, 0.29) is 29.0 Å². The Kier molecular flexibility index (Phi) is 10.3. The molecule has 0 fully saturated rings. The van der Waals surface area contributed by atoms with Crippen LogP contribution in [0.1, 0.15) is 31.9 Å². The maximum atomic E-state index is 13.9. The summed E-state index contributed by atoms with van der Waals surface area (Å²) in [6.07, 6.45) is 0. The van der Waals surface area contributed by atoms with Gasteiger partial charge in [0.1, 0.15) is 24.2 Å². The molecule has 0 saturated carbocycles. The fourth-order valence-electron chi connectivity index (χ4n) is 3.94. The fourth-order valence-corrected chi connectivity index (χ4v) is 5.35. The molecule has 0 bridgehead atoms. The molecule has 0 radical (unpaired) electrons. The molecule has 0 heterocycles. The van der Waals surface area contributed by atoms with E-state index in [1.165, 1.54) is 29.2 Å². The van der Waals surface area contributed by atoms with E-state index < -0.39 is 34.3 Å². The van der Waals surface area contributed by atoms with Crippen LogP contribution in [0.25, 0.3) is 0 Å². The maximum Gasteiger partial charge on any atom is 0.264 e. The molecular formula is C30H36FN3O5S. The minimum Gasteiger partial charge on any atom is -0.497 e. The van der Waals surface area contributed by atoms with Gasteiger partial charge in [-0.3, -0.25) is 13.9 Å². The Bertz CT molecular complexity index is 1390. The molecule has 0 aliphatic heterocycles. The summed E-state index contributed by atoms with van der Waals surface area (Å²) in [5.74, 6) is -0.654. The van der Waals surface area contributed by atoms with E-state index in [1.807, 2.05) is 20.8 Å². The van der Waals surface area contributed by atoms with Crippen LogP contribution in [-0.4, -0.2) is 51.4 Å². The van der Waals surface area contributed by atoms with E-state index in [9.17, 15) is 22.4 Å². The van der Waals surface area contributed by atoms with Gasteiger partial charge in [0.15, 0.2) is 0 Å². The van der Waals surface area contributed by atoms with Crippen molar-refractivity contribution < 1.29 is 27.1 Å². The van der Waals surface area contributed by atoms with Gasteiger partial charge in [-0.05, 0) is 73.9 Å². The van der Waals surface area contributed by atoms with E-state index in [0.717, 1.165) is 27.6 Å². The van der Waals surface area contributed by atoms with Gasteiger partial charge in [0.05, 0.1) is 17.7 Å². The first-order chi connectivity index (χ1) is 18.9. The summed E-state index contributed by atoms with van der Waals surface area (Å²) in [5, 5.41) is 2.85. The van der Waals surface area contributed by atoms with Gasteiger partial charge in [-0.25, -0.2) is 12.8 Å². The van der Waals surface area contributed by atoms with Crippen molar-refractivity contribution >= 4 is 27.5 Å². The van der Waals surface area contributed by atoms with Gasteiger partial charge in [0.2, 0.25) is 11.8 Å². The summed E-state index contributed by atoms with van der Waals surface area (Å²) in [4.78, 5) is 28.2. The number of nitrogens with zero attached hydrogens (tertiary/aromatic N) is 2. The lowest BCUT2D eigenvalue weighted by molar-refractivity contribution is -0.139. The second-order valence-electron chi connectivity index (χ2n) is 9.99. The summed E-state index contributed by atoms with van der Waals surface area (Å²) >= 11 is 0. The lowest BCUT2D eigenvalue weighted by Crippen LogP contribution is -2.51. The maximum absolute atomic E-state index is 13.9. The van der Waals surface area contributed by atoms with Gasteiger partial charge in [-0.15, -0.1) is 0 Å². The first kappa shape index (κ1) is 30.6. The van der Waals surface area contributed by atoms with Crippen LogP contribution in [0, 0.1) is 18.7 Å². The number of nitrogens with one attached hydrogen (secondary N) is 1. The number of amides is 2. The number of halogens is 1. The highest BCUT2D eigenvalue weighted by atomic mass is 32.2. The molecule has 0 aliphatic carbocycles. The third-order valence-electron chi connectivity index (χ3n) is 6.37. The van der Waals surface area contributed by atoms with Crippen molar-refractivity contribution in [3.63, 3.8) is 0 Å². The zero-order valence-electron chi connectivity index (χ0n) is 23.4. The molecule has 0 spiro atoms. The molecule has 2 amide bonds. The number of carbonyl (C=O) groups is 2. The molecule has 1 N–H and O–H groups in total. The van der Waals surface area contributed by atoms with E-state index in [4.69, 9.17) is 4.74 Å². The van der Waals surface area contributed by atoms with Crippen LogP contribution in [-0.2, 0) is 26.2 Å². The Morgan fingerprint density at radius 2 is 1.52 bits per heavy atom. The number of hydrogen-bond donors (Lipinski definition) is 1. The summed E-state index contributed by atoms with van der Waals surface area (Å²) in [6, 6.07) is 17.3. The molecule has 3 aromatic rings. The van der Waals surface area contributed by atoms with Gasteiger partial charge < -0.3 is 15.0 Å². The van der Waals surface area contributed by atoms with Gasteiger partial charge in [0.25, 0.3) is 10.0 Å². The standard InChI is InChI=1S/C30H36FN3O5S/c1-21(2)18-32-30(36)23(4)33(19-24-8-14-27(39-5)15-9-24)29(35)20-34(26-12-10-25(31)11-13-26)40(37,38)28-16-6-22(3)7-17-28/h6-17,21,23H,18-20H2,1-5H3,(H,32,36)/t23-/m1/s1. The number of anilines is 1. The minimum absolute atomic E-state index is 0.0142. The number of aryl methyl sites for hydroxylation is 1. The summed E-state index contributed by atoms with van der Waals surface area (Å²) < 4.78 is 47.4. The quantitative estimate of drug-likeness (QED) is 0.346. The van der Waals surface area contributed by atoms with Gasteiger partial charge >= 0.3 is 0 Å². The highest BCUT2D eigenvalue weighted by Gasteiger charge is 2.32. The molecule has 0 aliphatic rings. The summed E-state index contributed by atoms with van der Waals surface area (Å²) in [7, 11) is -2.67. The van der Waals surface area contributed by atoms with Crippen LogP contribution >= 0.6 is 0 Å². The monoisotopic (exact) mass is 569 g/mol. The Morgan fingerprint density at radius 1 is 0.925 bits per heavy atom. The van der Waals surface area contributed by atoms with Crippen LogP contribution in [0.3, 0.4) is 0 Å². The van der Waals surface area contributed by atoms with Crippen molar-refractivity contribution in [2.75, 3.05) is 24.5 Å². The van der Waals surface area contributed by atoms with Gasteiger partial charge in [-0.1, -0.05) is 43.7 Å². The molecule has 10 heteroatoms. The third-order valence-corrected chi connectivity index (χ3v) is 8.15. The smallest absolute Gasteiger partial charge is 0.264 e. The van der Waals surface area contributed by atoms with Crippen LogP contribution in [0.2, 0.25) is 0 Å². The lowest BCUT2D eigenvalue weighted by Gasteiger charge is -2.32. The normalized spacial score (nSPS) is 12.1. The highest BCUT2D eigenvalue weighted by Crippen LogP contribution is 2.25. The van der Waals surface area contributed by atoms with Crippen LogP contribution in [0.15, 0.2) is 77.7 Å². The molecule has 0 unspecified atom stereocenters. The van der Waals surface area contributed by atoms with Crippen molar-refractivity contribution in [3.05, 3.63) is 89.7 Å². The highest BCUT2D eigenvalue weighted by molar-refractivity contribution is 7.92. The van der Waals surface area contributed by atoms with Crippen molar-refractivity contribution in [3.8, 4) is 5.75 Å². The van der Waals surface area contributed by atoms with Gasteiger partial charge in [0, 0.05) is 13.1 Å². The molecule has 1 atom stereocenters. The van der Waals surface area contributed by atoms with Crippen molar-refractivity contribution in [1.29, 1.82) is 0 Å². The van der Waals surface area contributed by atoms with E-state index in [1.54, 1.807) is 50.4 Å². The van der Waals surface area contributed by atoms with E-state index in [0.29, 0.717) is 12.3 Å². The molecule has 3 aromatic carbocycles. The molecular weight excluding hydrogens is 533 g/mol. The average molecular weight is 570 g/mol. The number of carbonyl (C=O) groups excluding carboxylic acids is 2. The van der Waals surface area contributed by atoms with E-state index >= 15 is 0 Å². The van der Waals surface area contributed by atoms with Crippen molar-refractivity contribution in [2.45, 2.75) is 45.2 Å². The Hall–Kier alpha value is -3.92. The van der Waals surface area contributed by atoms with Crippen LogP contribution in [0.5, 0.6) is 5.75 Å². The van der Waals surface area contributed by atoms with E-state index in [2.05, 4.69) is 5.32 Å². The molecule has 8 nitrogen and oxygen atoms in total. The molecule has 0 aromatic heterocycles. The molecule has 214 valence electrons. The predicted octanol–water partition coefficient (Wildman–Crippen LogP) is 4.53. The van der Waals surface area contributed by atoms with Crippen LogP contribution in [0.4, 0.5) is 10.1 Å². The largest absolute Gasteiger partial charge is 0.497 e. The molecule has 3 rings (SSSR count). The summed E-state index contributed by atoms with van der Waals surface area (Å²) in [6.45, 7) is 7.25. The predicted molar refractivity (Wildman–Crippen MR) is 153 cm³/mol. The zero-order valence-corrected chi connectivity index (χ0v) is 24.2. The first-order valence-electron chi connectivity index (χ1n) is 13.0. The topological polar surface area (TPSA) is 96.0 Å². The lowest BCUT2D eigenvalue weighted by atomic mass is 10.1. The summed E-state index contributed by atoms with van der Waals surface area (Å²) in [5.41, 5.74) is 1.72. The number of benzene rings is 3. The zero-order chi connectivity index (χ0) is 29.4.